The number of rotatable bonds is 0. The molecule has 4 heavy (non-hydrogen) atoms. The molecule has 0 aromatic rings. The van der Waals surface area contributed by atoms with Crippen LogP contribution in [0.5, 0.6) is 0 Å². The van der Waals surface area contributed by atoms with Crippen LogP contribution in [0.4, 0.5) is 0 Å². The summed E-state index contributed by atoms with van der Waals surface area (Å²) in [5.74, 6) is 0. The fourth-order valence-corrected chi connectivity index (χ4v) is 0. The zero-order valence-corrected chi connectivity index (χ0v) is 5.51. The van der Waals surface area contributed by atoms with Gasteiger partial charge in [0.05, 0.1) is 0 Å². The van der Waals surface area contributed by atoms with Gasteiger partial charge < -0.3 is 12.6 Å². The minimum absolute atomic E-state index is 0. The average molecular weight is 82.1 g/mol. The van der Waals surface area contributed by atoms with Gasteiger partial charge in [-0.25, -0.2) is 5.41 Å². The molecule has 2 heteroatoms. The molecule has 0 aliphatic carbocycles. The van der Waals surface area contributed by atoms with Gasteiger partial charge in [0.15, 0.2) is 0 Å². The van der Waals surface area contributed by atoms with Crippen LogP contribution in [0.3, 0.4) is 0 Å². The van der Waals surface area contributed by atoms with E-state index in [0.29, 0.717) is 0 Å². The Morgan fingerprint density at radius 3 is 1.75 bits per heavy atom. The van der Waals surface area contributed by atoms with Crippen LogP contribution in [-0.2, 0) is 12.6 Å². The summed E-state index contributed by atoms with van der Waals surface area (Å²) in [7, 11) is 0. The summed E-state index contributed by atoms with van der Waals surface area (Å²) in [6.45, 7) is 3.18. The van der Waals surface area contributed by atoms with Crippen molar-refractivity contribution < 1.29 is 29.6 Å². The third kappa shape index (κ3) is 12.3. The summed E-state index contributed by atoms with van der Waals surface area (Å²) >= 11 is 4.16. The van der Waals surface area contributed by atoms with Crippen molar-refractivity contribution in [1.82, 2.24) is 0 Å². The van der Waals surface area contributed by atoms with Crippen LogP contribution in [0.2, 0.25) is 0 Å². The molecule has 0 unspecified atom stereocenters. The quantitative estimate of drug-likeness (QED) is 0.233. The van der Waals surface area contributed by atoms with Crippen molar-refractivity contribution in [3.05, 3.63) is 12.0 Å². The second-order valence-electron chi connectivity index (χ2n) is 0.167. The summed E-state index contributed by atoms with van der Waals surface area (Å²) in [5.41, 5.74) is 0. The van der Waals surface area contributed by atoms with E-state index in [1.54, 1.807) is 0 Å². The molecule has 0 saturated heterocycles. The number of hydrogen-bond donors (Lipinski definition) is 0. The molecule has 0 saturated carbocycles. The molecule has 0 aromatic heterocycles. The van der Waals surface area contributed by atoms with Crippen LogP contribution in [0.25, 0.3) is 0 Å². The van der Waals surface area contributed by atoms with Crippen LogP contribution in [0, 0.1) is 0 Å². The summed E-state index contributed by atoms with van der Waals surface area (Å²) in [6.07, 6.45) is 0. The Labute approximate surface area is 54.0 Å². The molecule has 18 valence electrons. The van der Waals surface area contributed by atoms with Gasteiger partial charge in [-0.1, -0.05) is 0 Å². The first kappa shape index (κ1) is 8.88. The minimum atomic E-state index is 0. The van der Waals surface area contributed by atoms with Crippen molar-refractivity contribution in [2.75, 3.05) is 0 Å². The molecular formula is C2H3NaS. The molecule has 0 radical (unpaired) electrons. The Kier molecular flexibility index (Phi) is 20.0. The van der Waals surface area contributed by atoms with Gasteiger partial charge in [-0.2, -0.15) is 0 Å². The smallest absolute Gasteiger partial charge is 0.788 e. The normalized spacial score (nSPS) is 3.00. The van der Waals surface area contributed by atoms with Gasteiger partial charge in [0.25, 0.3) is 0 Å². The van der Waals surface area contributed by atoms with Crippen molar-refractivity contribution >= 4 is 12.6 Å². The van der Waals surface area contributed by atoms with E-state index in [2.05, 4.69) is 19.2 Å². The first-order chi connectivity index (χ1) is 1.41. The van der Waals surface area contributed by atoms with Crippen molar-refractivity contribution in [3.8, 4) is 0 Å². The molecular weight excluding hydrogens is 79.1 g/mol. The van der Waals surface area contributed by atoms with Crippen molar-refractivity contribution in [2.24, 2.45) is 0 Å². The molecule has 0 rings (SSSR count). The predicted octanol–water partition coefficient (Wildman–Crippen LogP) is -2.32. The molecule has 0 spiro atoms. The van der Waals surface area contributed by atoms with Gasteiger partial charge in [-0.05, 0) is 0 Å². The van der Waals surface area contributed by atoms with E-state index in [4.69, 9.17) is 0 Å². The van der Waals surface area contributed by atoms with E-state index in [1.165, 1.54) is 5.41 Å². The largest absolute Gasteiger partial charge is 1.00 e. The maximum atomic E-state index is 4.16. The molecule has 0 bridgehead atoms. The van der Waals surface area contributed by atoms with Gasteiger partial charge in [0.1, 0.15) is 0 Å². The predicted molar refractivity (Wildman–Crippen MR) is 17.6 cm³/mol. The van der Waals surface area contributed by atoms with Gasteiger partial charge in [0, 0.05) is 0 Å². The Bertz CT molecular complexity index is 13.5. The van der Waals surface area contributed by atoms with E-state index >= 15 is 0 Å². The third-order valence-electron chi connectivity index (χ3n) is 0. The summed E-state index contributed by atoms with van der Waals surface area (Å²) < 4.78 is 0. The molecule has 0 amide bonds. The van der Waals surface area contributed by atoms with Gasteiger partial charge >= 0.3 is 29.6 Å². The Morgan fingerprint density at radius 2 is 1.75 bits per heavy atom. The number of hydrogen-bond acceptors (Lipinski definition) is 1. The molecule has 0 atom stereocenters. The molecule has 0 aromatic carbocycles. The first-order valence-electron chi connectivity index (χ1n) is 0.644. The fraction of sp³-hybridized carbons (Fsp3) is 0. The van der Waals surface area contributed by atoms with Crippen molar-refractivity contribution in [1.29, 1.82) is 0 Å². The molecule has 0 N–H and O–H groups in total. The van der Waals surface area contributed by atoms with Gasteiger partial charge in [-0.3, -0.25) is 0 Å². The molecule has 0 aliphatic heterocycles. The molecule has 0 nitrogen and oxygen atoms in total. The van der Waals surface area contributed by atoms with Crippen molar-refractivity contribution in [2.45, 2.75) is 0 Å². The van der Waals surface area contributed by atoms with Crippen LogP contribution in [0.1, 0.15) is 0 Å². The van der Waals surface area contributed by atoms with E-state index < -0.39 is 0 Å². The van der Waals surface area contributed by atoms with Gasteiger partial charge in [0.2, 0.25) is 0 Å². The summed E-state index contributed by atoms with van der Waals surface area (Å²) in [4.78, 5) is 0. The van der Waals surface area contributed by atoms with E-state index in [1.807, 2.05) is 0 Å². The molecule has 0 heterocycles. The van der Waals surface area contributed by atoms with Crippen LogP contribution >= 0.6 is 0 Å². The zero-order chi connectivity index (χ0) is 2.71. The monoisotopic (exact) mass is 82.0 g/mol. The maximum absolute atomic E-state index is 4.16. The minimum Gasteiger partial charge on any atom is -0.788 e. The van der Waals surface area contributed by atoms with Gasteiger partial charge in [-0.15, -0.1) is 6.58 Å². The average Bonchev–Trinajstić information content (AvgIpc) is 0.918. The topological polar surface area (TPSA) is 0 Å². The van der Waals surface area contributed by atoms with E-state index in [-0.39, 0.29) is 29.6 Å². The standard InChI is InChI=1S/C2H4S.Na/c1-2-3;/h2-3H,1H2;/q;+1/p-1. The van der Waals surface area contributed by atoms with Crippen LogP contribution in [0.15, 0.2) is 12.0 Å². The second-order valence-corrected chi connectivity index (χ2v) is 0.500. The molecule has 0 fully saturated rings. The Morgan fingerprint density at radius 1 is 1.75 bits per heavy atom. The fourth-order valence-electron chi connectivity index (χ4n) is 0. The Hall–Kier alpha value is 0.960. The Balaban J connectivity index is 0. The SMILES string of the molecule is C=C[S-].[Na+]. The summed E-state index contributed by atoms with van der Waals surface area (Å²) in [6, 6.07) is 0. The second kappa shape index (κ2) is 9.03. The first-order valence-corrected chi connectivity index (χ1v) is 1.12. The van der Waals surface area contributed by atoms with Crippen molar-refractivity contribution in [3.63, 3.8) is 0 Å². The van der Waals surface area contributed by atoms with E-state index in [0.717, 1.165) is 0 Å². The van der Waals surface area contributed by atoms with Crippen LogP contribution < -0.4 is 29.6 Å². The maximum Gasteiger partial charge on any atom is 1.00 e. The molecule has 0 aliphatic rings. The van der Waals surface area contributed by atoms with Crippen LogP contribution in [-0.4, -0.2) is 0 Å². The zero-order valence-electron chi connectivity index (χ0n) is 2.69. The van der Waals surface area contributed by atoms with E-state index in [9.17, 15) is 0 Å². The third-order valence-corrected chi connectivity index (χ3v) is 0. The summed E-state index contributed by atoms with van der Waals surface area (Å²) in [5, 5.41) is 1.33.